The van der Waals surface area contributed by atoms with E-state index in [0.29, 0.717) is 12.1 Å². The lowest BCUT2D eigenvalue weighted by Gasteiger charge is -2.33. The maximum atomic E-state index is 13.8. The molecule has 3 amide bonds. The molecule has 0 unspecified atom stereocenters. The first-order chi connectivity index (χ1) is 19.1. The van der Waals surface area contributed by atoms with E-state index in [2.05, 4.69) is 26.6 Å². The Hall–Kier alpha value is -3.14. The van der Waals surface area contributed by atoms with E-state index in [9.17, 15) is 19.5 Å². The Kier molecular flexibility index (Phi) is 9.71. The van der Waals surface area contributed by atoms with E-state index in [-0.39, 0.29) is 18.2 Å². The van der Waals surface area contributed by atoms with Gasteiger partial charge in [0.2, 0.25) is 5.91 Å². The molecule has 40 heavy (non-hydrogen) atoms. The molecular weight excluding hydrogens is 590 g/mol. The summed E-state index contributed by atoms with van der Waals surface area (Å²) in [5, 5.41) is 17.3. The first-order valence-electron chi connectivity index (χ1n) is 13.1. The van der Waals surface area contributed by atoms with Gasteiger partial charge < -0.3 is 20.6 Å². The van der Waals surface area contributed by atoms with Gasteiger partial charge in [-0.1, -0.05) is 76.6 Å². The van der Waals surface area contributed by atoms with Gasteiger partial charge in [-0.25, -0.2) is 0 Å². The van der Waals surface area contributed by atoms with Gasteiger partial charge in [0.25, 0.3) is 11.8 Å². The summed E-state index contributed by atoms with van der Waals surface area (Å²) in [6, 6.07) is 22.4. The first-order valence-corrected chi connectivity index (χ1v) is 14.9. The summed E-state index contributed by atoms with van der Waals surface area (Å²) in [5.74, 6) is -1.03. The zero-order chi connectivity index (χ0) is 28.9. The average molecular weight is 625 g/mol. The second kappa shape index (κ2) is 13.0. The monoisotopic (exact) mass is 623 g/mol. The van der Waals surface area contributed by atoms with E-state index in [1.54, 1.807) is 18.2 Å². The molecule has 1 saturated heterocycles. The third-order valence-electron chi connectivity index (χ3n) is 7.13. The number of thioether (sulfide) groups is 1. The Morgan fingerprint density at radius 1 is 1.05 bits per heavy atom. The normalized spacial score (nSPS) is 17.6. The molecule has 9 heteroatoms. The van der Waals surface area contributed by atoms with Crippen LogP contribution in [0.3, 0.4) is 0 Å². The summed E-state index contributed by atoms with van der Waals surface area (Å²) in [4.78, 5) is 41.8. The quantitative estimate of drug-likeness (QED) is 0.327. The van der Waals surface area contributed by atoms with Gasteiger partial charge in [0, 0.05) is 21.3 Å². The molecule has 1 heterocycles. The van der Waals surface area contributed by atoms with Gasteiger partial charge in [0.05, 0.1) is 11.9 Å². The molecule has 0 aliphatic carbocycles. The molecule has 3 aromatic rings. The van der Waals surface area contributed by atoms with Crippen LogP contribution in [0.15, 0.2) is 83.3 Å². The predicted octanol–water partition coefficient (Wildman–Crippen LogP) is 4.46. The summed E-state index contributed by atoms with van der Waals surface area (Å²) in [5.41, 5.74) is 3.32. The lowest BCUT2D eigenvalue weighted by atomic mass is 9.96. The summed E-state index contributed by atoms with van der Waals surface area (Å²) in [6.45, 7) is 6.17. The fourth-order valence-electron chi connectivity index (χ4n) is 4.83. The second-order valence-electron chi connectivity index (χ2n) is 10.5. The number of benzene rings is 3. The van der Waals surface area contributed by atoms with E-state index in [1.165, 1.54) is 16.7 Å². The molecule has 3 aromatic carbocycles. The molecule has 0 bridgehead atoms. The van der Waals surface area contributed by atoms with Crippen LogP contribution in [-0.4, -0.2) is 56.5 Å². The third-order valence-corrected chi connectivity index (χ3v) is 9.00. The summed E-state index contributed by atoms with van der Waals surface area (Å²) in [6.07, 6.45) is -1.32. The van der Waals surface area contributed by atoms with Crippen LogP contribution in [0, 0.1) is 6.92 Å². The lowest BCUT2D eigenvalue weighted by Crippen LogP contribution is -2.58. The summed E-state index contributed by atoms with van der Waals surface area (Å²) >= 11 is 4.86. The number of hydrogen-bond donors (Lipinski definition) is 3. The Bertz CT molecular complexity index is 1370. The molecule has 4 rings (SSSR count). The number of nitrogens with one attached hydrogen (secondary N) is 2. The van der Waals surface area contributed by atoms with Crippen LogP contribution in [-0.2, 0) is 22.6 Å². The number of aryl methyl sites for hydroxylation is 1. The molecule has 3 N–H and O–H groups in total. The smallest absolute Gasteiger partial charge is 0.254 e. The fourth-order valence-corrected chi connectivity index (χ4v) is 6.37. The van der Waals surface area contributed by atoms with Gasteiger partial charge in [-0.2, -0.15) is 0 Å². The first kappa shape index (κ1) is 29.8. The van der Waals surface area contributed by atoms with E-state index >= 15 is 0 Å². The summed E-state index contributed by atoms with van der Waals surface area (Å²) in [7, 11) is 0. The highest BCUT2D eigenvalue weighted by Gasteiger charge is 2.49. The molecular formula is C31H34BrN3O4S. The molecule has 0 spiro atoms. The predicted molar refractivity (Wildman–Crippen MR) is 162 cm³/mol. The number of carbonyl (C=O) groups excluding carboxylic acids is 3. The molecule has 0 aromatic heterocycles. The molecule has 1 fully saturated rings. The van der Waals surface area contributed by atoms with Gasteiger partial charge >= 0.3 is 0 Å². The van der Waals surface area contributed by atoms with E-state index in [0.717, 1.165) is 21.2 Å². The van der Waals surface area contributed by atoms with Crippen molar-refractivity contribution in [3.05, 3.63) is 106 Å². The van der Waals surface area contributed by atoms with E-state index in [4.69, 9.17) is 0 Å². The fraction of sp³-hybridized carbons (Fsp3) is 0.323. The van der Waals surface area contributed by atoms with Crippen LogP contribution in [0.25, 0.3) is 0 Å². The number of aliphatic hydroxyl groups is 1. The third kappa shape index (κ3) is 7.13. The van der Waals surface area contributed by atoms with Crippen molar-refractivity contribution in [2.45, 2.75) is 56.7 Å². The van der Waals surface area contributed by atoms with E-state index in [1.807, 2.05) is 81.4 Å². The van der Waals surface area contributed by atoms with Gasteiger partial charge in [-0.05, 0) is 62.1 Å². The van der Waals surface area contributed by atoms with Crippen molar-refractivity contribution in [3.63, 3.8) is 0 Å². The van der Waals surface area contributed by atoms with Crippen molar-refractivity contribution in [1.29, 1.82) is 0 Å². The SMILES string of the molecule is Cc1ccccc1CNC(=O)[C@H]1N(C(=O)[C@@H](O)[C@H](Cc2ccccc2)NC(=O)c2cccc(Br)c2)CSC1(C)C. The van der Waals surface area contributed by atoms with Crippen LogP contribution in [0.2, 0.25) is 0 Å². The number of carbonyl (C=O) groups is 3. The molecule has 7 nitrogen and oxygen atoms in total. The van der Waals surface area contributed by atoms with Crippen LogP contribution < -0.4 is 10.6 Å². The minimum Gasteiger partial charge on any atom is -0.381 e. The van der Waals surface area contributed by atoms with Crippen molar-refractivity contribution in [2.75, 3.05) is 5.88 Å². The van der Waals surface area contributed by atoms with Gasteiger partial charge in [-0.15, -0.1) is 11.8 Å². The molecule has 210 valence electrons. The number of amides is 3. The zero-order valence-corrected chi connectivity index (χ0v) is 25.2. The van der Waals surface area contributed by atoms with Crippen LogP contribution in [0.5, 0.6) is 0 Å². The van der Waals surface area contributed by atoms with Crippen molar-refractivity contribution in [2.24, 2.45) is 0 Å². The minimum atomic E-state index is -1.56. The van der Waals surface area contributed by atoms with Crippen LogP contribution >= 0.6 is 27.7 Å². The minimum absolute atomic E-state index is 0.238. The van der Waals surface area contributed by atoms with Crippen molar-refractivity contribution in [1.82, 2.24) is 15.5 Å². The topological polar surface area (TPSA) is 98.7 Å². The highest BCUT2D eigenvalue weighted by atomic mass is 79.9. The van der Waals surface area contributed by atoms with Gasteiger partial charge in [0.15, 0.2) is 6.10 Å². The average Bonchev–Trinajstić information content (AvgIpc) is 3.26. The highest BCUT2D eigenvalue weighted by Crippen LogP contribution is 2.40. The zero-order valence-electron chi connectivity index (χ0n) is 22.8. The number of rotatable bonds is 9. The maximum Gasteiger partial charge on any atom is 0.254 e. The highest BCUT2D eigenvalue weighted by molar-refractivity contribution is 9.10. The Balaban J connectivity index is 1.54. The van der Waals surface area contributed by atoms with Crippen molar-refractivity contribution in [3.8, 4) is 0 Å². The Morgan fingerprint density at radius 3 is 2.45 bits per heavy atom. The molecule has 0 saturated carbocycles. The molecule has 0 radical (unpaired) electrons. The van der Waals surface area contributed by atoms with Crippen molar-refractivity contribution < 1.29 is 19.5 Å². The van der Waals surface area contributed by atoms with Gasteiger partial charge in [-0.3, -0.25) is 14.4 Å². The Morgan fingerprint density at radius 2 is 1.75 bits per heavy atom. The molecule has 3 atom stereocenters. The maximum absolute atomic E-state index is 13.8. The number of nitrogens with zero attached hydrogens (tertiary/aromatic N) is 1. The lowest BCUT2D eigenvalue weighted by molar-refractivity contribution is -0.147. The van der Waals surface area contributed by atoms with E-state index < -0.39 is 34.7 Å². The Labute approximate surface area is 247 Å². The van der Waals surface area contributed by atoms with Crippen LogP contribution in [0.4, 0.5) is 0 Å². The largest absolute Gasteiger partial charge is 0.381 e. The number of hydrogen-bond acceptors (Lipinski definition) is 5. The molecule has 1 aliphatic heterocycles. The standard InChI is InChI=1S/C31H34BrN3O4S/c1-20-10-7-8-13-23(20)18-33-29(38)27-31(2,3)40-19-35(27)30(39)26(36)25(16-21-11-5-4-6-12-21)34-28(37)22-14-9-15-24(32)17-22/h4-15,17,25-27,36H,16,18-19H2,1-3H3,(H,33,38)(H,34,37)/t25-,26-,27+/m0/s1. The molecule has 1 aliphatic rings. The van der Waals surface area contributed by atoms with Gasteiger partial charge in [0.1, 0.15) is 6.04 Å². The second-order valence-corrected chi connectivity index (χ2v) is 13.0. The van der Waals surface area contributed by atoms with Crippen molar-refractivity contribution >= 4 is 45.4 Å². The summed E-state index contributed by atoms with van der Waals surface area (Å²) < 4.78 is 0.173. The number of halogens is 1. The number of aliphatic hydroxyl groups excluding tert-OH is 1. The van der Waals surface area contributed by atoms with Crippen LogP contribution in [0.1, 0.15) is 40.9 Å².